The topological polar surface area (TPSA) is 71.0 Å². The number of fused-ring (bicyclic) bond motifs is 2. The van der Waals surface area contributed by atoms with Gasteiger partial charge in [-0.2, -0.15) is 0 Å². The minimum absolute atomic E-state index is 0.0306. The summed E-state index contributed by atoms with van der Waals surface area (Å²) < 4.78 is 5.05. The lowest BCUT2D eigenvalue weighted by atomic mass is 10.0. The van der Waals surface area contributed by atoms with E-state index in [1.807, 2.05) is 43.3 Å². The minimum atomic E-state index is -0.286. The first-order valence-electron chi connectivity index (χ1n) is 10.3. The van der Waals surface area contributed by atoms with Crippen molar-refractivity contribution >= 4 is 46.8 Å². The van der Waals surface area contributed by atoms with Crippen molar-refractivity contribution < 1.29 is 14.3 Å². The maximum Gasteiger partial charge on any atom is 0.409 e. The van der Waals surface area contributed by atoms with Gasteiger partial charge in [0.15, 0.2) is 0 Å². The number of nitrogens with one attached hydrogen (secondary N) is 1. The van der Waals surface area contributed by atoms with Gasteiger partial charge in [0.2, 0.25) is 0 Å². The van der Waals surface area contributed by atoms with E-state index in [-0.39, 0.29) is 18.0 Å². The Morgan fingerprint density at radius 3 is 2.68 bits per heavy atom. The van der Waals surface area contributed by atoms with Crippen molar-refractivity contribution in [2.24, 2.45) is 4.99 Å². The second-order valence-corrected chi connectivity index (χ2v) is 9.08. The monoisotopic (exact) mass is 457 g/mol. The first kappa shape index (κ1) is 21.7. The number of rotatable bonds is 3. The molecule has 1 N–H and O–H groups in total. The Balaban J connectivity index is 1.45. The van der Waals surface area contributed by atoms with Crippen LogP contribution in [0.1, 0.15) is 42.6 Å². The molecule has 8 heteroatoms. The summed E-state index contributed by atoms with van der Waals surface area (Å²) in [6.45, 7) is 5.27. The van der Waals surface area contributed by atoms with Gasteiger partial charge in [-0.25, -0.2) is 4.79 Å². The lowest BCUT2D eigenvalue weighted by Crippen LogP contribution is -2.46. The van der Waals surface area contributed by atoms with Crippen LogP contribution in [-0.2, 0) is 4.74 Å². The molecule has 0 spiro atoms. The highest BCUT2D eigenvalue weighted by atomic mass is 35.5. The number of nitrogens with zero attached hydrogens (tertiary/aromatic N) is 2. The van der Waals surface area contributed by atoms with Gasteiger partial charge in [0.1, 0.15) is 0 Å². The van der Waals surface area contributed by atoms with Crippen molar-refractivity contribution in [3.63, 3.8) is 0 Å². The number of amides is 2. The summed E-state index contributed by atoms with van der Waals surface area (Å²) in [6.07, 6.45) is 1.13. The number of carbonyl (C=O) groups excluding carboxylic acids is 2. The SMILES string of the molecule is CCOC(=O)N1CCC(NC(=O)c2ccc3c(c2)N=C(C)c2cc(Cl)ccc2S3)CC1. The van der Waals surface area contributed by atoms with Gasteiger partial charge in [-0.3, -0.25) is 9.79 Å². The van der Waals surface area contributed by atoms with Crippen LogP contribution < -0.4 is 5.32 Å². The smallest absolute Gasteiger partial charge is 0.409 e. The van der Waals surface area contributed by atoms with Gasteiger partial charge in [-0.15, -0.1) is 0 Å². The number of carbonyl (C=O) groups is 2. The third-order valence-electron chi connectivity index (χ3n) is 5.42. The van der Waals surface area contributed by atoms with E-state index in [9.17, 15) is 9.59 Å². The molecule has 31 heavy (non-hydrogen) atoms. The largest absolute Gasteiger partial charge is 0.450 e. The molecule has 0 saturated carbocycles. The molecular weight excluding hydrogens is 434 g/mol. The highest BCUT2D eigenvalue weighted by Gasteiger charge is 2.25. The van der Waals surface area contributed by atoms with Gasteiger partial charge < -0.3 is 15.0 Å². The molecule has 0 atom stereocenters. The number of halogens is 1. The molecule has 2 aromatic rings. The molecule has 162 valence electrons. The Labute approximate surface area is 191 Å². The van der Waals surface area contributed by atoms with E-state index >= 15 is 0 Å². The molecule has 0 unspecified atom stereocenters. The number of hydrogen-bond acceptors (Lipinski definition) is 5. The van der Waals surface area contributed by atoms with E-state index < -0.39 is 0 Å². The maximum absolute atomic E-state index is 12.9. The van der Waals surface area contributed by atoms with Gasteiger partial charge in [0.25, 0.3) is 5.91 Å². The fourth-order valence-electron chi connectivity index (χ4n) is 3.76. The molecule has 2 amide bonds. The van der Waals surface area contributed by atoms with Crippen molar-refractivity contribution in [2.75, 3.05) is 19.7 Å². The van der Waals surface area contributed by atoms with Crippen LogP contribution >= 0.6 is 23.4 Å². The summed E-state index contributed by atoms with van der Waals surface area (Å²) in [4.78, 5) is 33.2. The van der Waals surface area contributed by atoms with Crippen LogP contribution in [0.5, 0.6) is 0 Å². The standard InChI is InChI=1S/C23H24ClN3O3S/c1-3-30-23(29)27-10-8-17(9-11-27)26-22(28)15-4-6-21-19(12-15)25-14(2)18-13-16(24)5-7-20(18)31-21/h4-7,12-13,17H,3,8-11H2,1-2H3,(H,26,28). The summed E-state index contributed by atoms with van der Waals surface area (Å²) >= 11 is 7.79. The Kier molecular flexibility index (Phi) is 6.53. The van der Waals surface area contributed by atoms with E-state index in [1.54, 1.807) is 23.6 Å². The van der Waals surface area contributed by atoms with Crippen LogP contribution in [0.25, 0.3) is 0 Å². The summed E-state index contributed by atoms with van der Waals surface area (Å²) in [5, 5.41) is 3.77. The fraction of sp³-hybridized carbons (Fsp3) is 0.348. The zero-order valence-electron chi connectivity index (χ0n) is 17.5. The highest BCUT2D eigenvalue weighted by molar-refractivity contribution is 7.99. The maximum atomic E-state index is 12.9. The number of hydrogen-bond donors (Lipinski definition) is 1. The number of ether oxygens (including phenoxy) is 1. The Bertz CT molecular complexity index is 1050. The molecule has 2 aliphatic heterocycles. The molecule has 4 rings (SSSR count). The zero-order valence-corrected chi connectivity index (χ0v) is 19.1. The molecule has 2 aromatic carbocycles. The van der Waals surface area contributed by atoms with E-state index in [0.717, 1.165) is 26.8 Å². The number of piperidine rings is 1. The van der Waals surface area contributed by atoms with Crippen molar-refractivity contribution in [1.82, 2.24) is 10.2 Å². The Morgan fingerprint density at radius 2 is 1.94 bits per heavy atom. The second kappa shape index (κ2) is 9.32. The van der Waals surface area contributed by atoms with E-state index in [4.69, 9.17) is 21.3 Å². The van der Waals surface area contributed by atoms with Crippen molar-refractivity contribution in [2.45, 2.75) is 42.5 Å². The molecular formula is C23H24ClN3O3S. The molecule has 0 radical (unpaired) electrons. The minimum Gasteiger partial charge on any atom is -0.450 e. The van der Waals surface area contributed by atoms with Gasteiger partial charge in [0.05, 0.1) is 12.3 Å². The molecule has 2 heterocycles. The lowest BCUT2D eigenvalue weighted by Gasteiger charge is -2.31. The molecule has 0 aromatic heterocycles. The van der Waals surface area contributed by atoms with E-state index in [2.05, 4.69) is 5.32 Å². The van der Waals surface area contributed by atoms with Crippen molar-refractivity contribution in [3.05, 3.63) is 52.5 Å². The number of aliphatic imine (C=N–C) groups is 1. The predicted molar refractivity (Wildman–Crippen MR) is 123 cm³/mol. The highest BCUT2D eigenvalue weighted by Crippen LogP contribution is 2.41. The van der Waals surface area contributed by atoms with Crippen molar-refractivity contribution in [3.8, 4) is 0 Å². The molecule has 6 nitrogen and oxygen atoms in total. The molecule has 1 saturated heterocycles. The van der Waals surface area contributed by atoms with Crippen molar-refractivity contribution in [1.29, 1.82) is 0 Å². The summed E-state index contributed by atoms with van der Waals surface area (Å²) in [7, 11) is 0. The third kappa shape index (κ3) is 4.88. The average Bonchev–Trinajstić information content (AvgIpc) is 2.89. The van der Waals surface area contributed by atoms with Crippen LogP contribution in [-0.4, -0.2) is 48.4 Å². The summed E-state index contributed by atoms with van der Waals surface area (Å²) in [5.41, 5.74) is 3.23. The number of benzene rings is 2. The van der Waals surface area contributed by atoms with Gasteiger partial charge >= 0.3 is 6.09 Å². The van der Waals surface area contributed by atoms with Crippen LogP contribution in [0.3, 0.4) is 0 Å². The normalized spacial score (nSPS) is 16.0. The molecule has 0 bridgehead atoms. The zero-order chi connectivity index (χ0) is 22.0. The first-order chi connectivity index (χ1) is 14.9. The third-order valence-corrected chi connectivity index (χ3v) is 6.79. The first-order valence-corrected chi connectivity index (χ1v) is 11.5. The Hall–Kier alpha value is -2.51. The average molecular weight is 458 g/mol. The molecule has 2 aliphatic rings. The van der Waals surface area contributed by atoms with Crippen LogP contribution in [0, 0.1) is 0 Å². The van der Waals surface area contributed by atoms with E-state index in [0.29, 0.717) is 43.1 Å². The predicted octanol–water partition coefficient (Wildman–Crippen LogP) is 5.30. The second-order valence-electron chi connectivity index (χ2n) is 7.56. The van der Waals surface area contributed by atoms with Gasteiger partial charge in [0, 0.05) is 50.8 Å². The summed E-state index contributed by atoms with van der Waals surface area (Å²) in [5.74, 6) is -0.125. The molecule has 0 aliphatic carbocycles. The van der Waals surface area contributed by atoms with Gasteiger partial charge in [-0.1, -0.05) is 23.4 Å². The number of likely N-dealkylation sites (tertiary alicyclic amines) is 1. The summed E-state index contributed by atoms with van der Waals surface area (Å²) in [6, 6.07) is 11.4. The van der Waals surface area contributed by atoms with Crippen LogP contribution in [0.2, 0.25) is 5.02 Å². The lowest BCUT2D eigenvalue weighted by molar-refractivity contribution is 0.0860. The quantitative estimate of drug-likeness (QED) is 0.679. The Morgan fingerprint density at radius 1 is 1.19 bits per heavy atom. The van der Waals surface area contributed by atoms with Crippen LogP contribution in [0.15, 0.2) is 51.2 Å². The fourth-order valence-corrected chi connectivity index (χ4v) is 4.96. The molecule has 1 fully saturated rings. The van der Waals surface area contributed by atoms with Crippen LogP contribution in [0.4, 0.5) is 10.5 Å². The van der Waals surface area contributed by atoms with E-state index in [1.165, 1.54) is 0 Å². The van der Waals surface area contributed by atoms with Gasteiger partial charge in [-0.05, 0) is 63.1 Å².